The summed E-state index contributed by atoms with van der Waals surface area (Å²) >= 11 is 0. The molecule has 0 saturated carbocycles. The minimum absolute atomic E-state index is 0. The number of nitrogens with zero attached hydrogens (tertiary/aromatic N) is 2. The topological polar surface area (TPSA) is 51.2 Å². The number of aryl methyl sites for hydroxylation is 1. The highest BCUT2D eigenvalue weighted by Crippen LogP contribution is 2.48. The van der Waals surface area contributed by atoms with Gasteiger partial charge in [0.1, 0.15) is 17.1 Å². The molecule has 3 heterocycles. The van der Waals surface area contributed by atoms with Crippen molar-refractivity contribution < 1.29 is 19.0 Å². The third-order valence-electron chi connectivity index (χ3n) is 8.46. The normalized spacial score (nSPS) is 19.9. The molecule has 0 bridgehead atoms. The van der Waals surface area contributed by atoms with E-state index in [0.29, 0.717) is 18.1 Å². The first-order chi connectivity index (χ1) is 18.3. The zero-order chi connectivity index (χ0) is 27.1. The van der Waals surface area contributed by atoms with E-state index in [0.717, 1.165) is 82.9 Å². The Morgan fingerprint density at radius 3 is 2.62 bits per heavy atom. The van der Waals surface area contributed by atoms with Crippen LogP contribution in [-0.2, 0) is 16.0 Å². The number of likely N-dealkylation sites (N-methyl/N-ethyl adjacent to an activating group) is 1. The molecule has 0 aromatic heterocycles. The molecule has 1 fully saturated rings. The maximum absolute atomic E-state index is 13.1. The summed E-state index contributed by atoms with van der Waals surface area (Å²) in [5, 5.41) is 0. The van der Waals surface area contributed by atoms with Crippen molar-refractivity contribution in [2.24, 2.45) is 5.92 Å². The molecule has 1 aromatic rings. The van der Waals surface area contributed by atoms with Gasteiger partial charge in [0, 0.05) is 32.6 Å². The second kappa shape index (κ2) is 14.9. The highest BCUT2D eigenvalue weighted by atomic mass is 35.5. The van der Waals surface area contributed by atoms with E-state index in [2.05, 4.69) is 56.7 Å². The zero-order valence-corrected chi connectivity index (χ0v) is 25.8. The lowest BCUT2D eigenvalue weighted by atomic mass is 9.81. The molecule has 3 aliphatic heterocycles. The molecule has 3 aliphatic rings. The monoisotopic (exact) mass is 562 g/mol. The number of carbonyl (C=O) groups excluding carboxylic acids is 1. The van der Waals surface area contributed by atoms with Gasteiger partial charge in [-0.25, -0.2) is 0 Å². The van der Waals surface area contributed by atoms with Gasteiger partial charge in [-0.2, -0.15) is 0 Å². The Morgan fingerprint density at radius 1 is 1.10 bits per heavy atom. The van der Waals surface area contributed by atoms with Crippen LogP contribution in [0.4, 0.5) is 0 Å². The largest absolute Gasteiger partial charge is 0.483 e. The number of morpholine rings is 1. The number of carbonyl (C=O) groups is 1. The number of hydrogen-bond donors (Lipinski definition) is 0. The van der Waals surface area contributed by atoms with E-state index in [1.54, 1.807) is 0 Å². The molecule has 0 N–H and O–H groups in total. The summed E-state index contributed by atoms with van der Waals surface area (Å²) in [4.78, 5) is 17.8. The van der Waals surface area contributed by atoms with Gasteiger partial charge < -0.3 is 19.1 Å². The fourth-order valence-electron chi connectivity index (χ4n) is 6.12. The number of rotatable bonds is 12. The summed E-state index contributed by atoms with van der Waals surface area (Å²) in [6.07, 6.45) is 9.45. The number of hydrogen-bond acceptors (Lipinski definition) is 6. The van der Waals surface area contributed by atoms with Crippen LogP contribution in [0.1, 0.15) is 90.2 Å². The zero-order valence-electron chi connectivity index (χ0n) is 25.0. The molecule has 0 aliphatic carbocycles. The Morgan fingerprint density at radius 2 is 1.87 bits per heavy atom. The molecule has 0 amide bonds. The van der Waals surface area contributed by atoms with Crippen LogP contribution in [0.3, 0.4) is 0 Å². The van der Waals surface area contributed by atoms with Crippen molar-refractivity contribution in [3.8, 4) is 11.5 Å². The van der Waals surface area contributed by atoms with Crippen LogP contribution in [0, 0.1) is 5.92 Å². The predicted octanol–water partition coefficient (Wildman–Crippen LogP) is 6.54. The second-order valence-electron chi connectivity index (χ2n) is 12.2. The SMILES string of the molecule is CCCCCC(C)CCc1cc(OC(=O)CCCN2CCOCC2)c2c(c1)OC(C)(C)C1=C2CN(C)CC1.Cl. The molecule has 0 radical (unpaired) electrons. The molecule has 220 valence electrons. The quantitative estimate of drug-likeness (QED) is 0.164. The summed E-state index contributed by atoms with van der Waals surface area (Å²) in [5.41, 5.74) is 4.46. The maximum Gasteiger partial charge on any atom is 0.311 e. The summed E-state index contributed by atoms with van der Waals surface area (Å²) in [6, 6.07) is 4.34. The average Bonchev–Trinajstić information content (AvgIpc) is 2.87. The van der Waals surface area contributed by atoms with Gasteiger partial charge in [-0.3, -0.25) is 9.69 Å². The van der Waals surface area contributed by atoms with Crippen LogP contribution in [-0.4, -0.2) is 74.4 Å². The lowest BCUT2D eigenvalue weighted by molar-refractivity contribution is -0.134. The number of esters is 1. The van der Waals surface area contributed by atoms with Crippen LogP contribution < -0.4 is 9.47 Å². The molecule has 6 nitrogen and oxygen atoms in total. The molecule has 1 aromatic carbocycles. The highest BCUT2D eigenvalue weighted by Gasteiger charge is 2.39. The van der Waals surface area contributed by atoms with Crippen LogP contribution >= 0.6 is 12.4 Å². The molecule has 39 heavy (non-hydrogen) atoms. The van der Waals surface area contributed by atoms with E-state index in [1.165, 1.54) is 42.4 Å². The van der Waals surface area contributed by atoms with Crippen molar-refractivity contribution >= 4 is 23.9 Å². The molecular weight excluding hydrogens is 512 g/mol. The van der Waals surface area contributed by atoms with E-state index in [9.17, 15) is 4.79 Å². The number of benzene rings is 1. The van der Waals surface area contributed by atoms with Gasteiger partial charge in [0.15, 0.2) is 0 Å². The second-order valence-corrected chi connectivity index (χ2v) is 12.2. The summed E-state index contributed by atoms with van der Waals surface area (Å²) in [7, 11) is 2.16. The summed E-state index contributed by atoms with van der Waals surface area (Å²) < 4.78 is 18.3. The fourth-order valence-corrected chi connectivity index (χ4v) is 6.12. The Balaban J connectivity index is 0.00000420. The molecular formula is C32H51ClN2O4. The number of fused-ring (bicyclic) bond motifs is 2. The Hall–Kier alpha value is -1.60. The molecule has 1 saturated heterocycles. The maximum atomic E-state index is 13.1. The van der Waals surface area contributed by atoms with Crippen molar-refractivity contribution in [3.63, 3.8) is 0 Å². The van der Waals surface area contributed by atoms with E-state index < -0.39 is 0 Å². The van der Waals surface area contributed by atoms with E-state index in [-0.39, 0.29) is 24.0 Å². The van der Waals surface area contributed by atoms with Crippen molar-refractivity contribution in [3.05, 3.63) is 28.8 Å². The van der Waals surface area contributed by atoms with Crippen molar-refractivity contribution in [2.75, 3.05) is 53.0 Å². The lowest BCUT2D eigenvalue weighted by Crippen LogP contribution is -2.41. The Labute approximate surface area is 242 Å². The smallest absolute Gasteiger partial charge is 0.311 e. The first-order valence-electron chi connectivity index (χ1n) is 15.0. The number of halogens is 1. The van der Waals surface area contributed by atoms with Gasteiger partial charge in [-0.15, -0.1) is 12.4 Å². The summed E-state index contributed by atoms with van der Waals surface area (Å²) in [5.74, 6) is 2.09. The first-order valence-corrected chi connectivity index (χ1v) is 15.0. The van der Waals surface area contributed by atoms with Gasteiger partial charge in [0.05, 0.1) is 18.8 Å². The van der Waals surface area contributed by atoms with E-state index >= 15 is 0 Å². The standard InChI is InChI=1S/C32H50N2O4.ClH/c1-6-7-8-10-24(2)12-13-25-21-28(37-30(35)11-9-15-34-17-19-36-20-18-34)31-26-23-33(5)16-14-27(26)32(3,4)38-29(31)22-25;/h21-22,24H,6-20,23H2,1-5H3;1H. The third-order valence-corrected chi connectivity index (χ3v) is 8.46. The summed E-state index contributed by atoms with van der Waals surface area (Å²) in [6.45, 7) is 15.2. The molecule has 0 spiro atoms. The van der Waals surface area contributed by atoms with E-state index in [1.807, 2.05) is 0 Å². The Kier molecular flexibility index (Phi) is 12.2. The average molecular weight is 563 g/mol. The van der Waals surface area contributed by atoms with Crippen LogP contribution in [0.25, 0.3) is 5.57 Å². The number of ether oxygens (including phenoxy) is 3. The minimum Gasteiger partial charge on any atom is -0.483 e. The Bertz CT molecular complexity index is 987. The molecule has 1 atom stereocenters. The lowest BCUT2D eigenvalue weighted by Gasteiger charge is -2.42. The molecule has 4 rings (SSSR count). The van der Waals surface area contributed by atoms with Gasteiger partial charge in [0.25, 0.3) is 0 Å². The van der Waals surface area contributed by atoms with Gasteiger partial charge in [0.2, 0.25) is 0 Å². The molecule has 7 heteroatoms. The van der Waals surface area contributed by atoms with Gasteiger partial charge in [-0.1, -0.05) is 39.5 Å². The molecule has 1 unspecified atom stereocenters. The van der Waals surface area contributed by atoms with Crippen molar-refractivity contribution in [2.45, 2.75) is 91.1 Å². The first kappa shape index (κ1) is 31.9. The highest BCUT2D eigenvalue weighted by molar-refractivity contribution is 5.85. The van der Waals surface area contributed by atoms with Crippen LogP contribution in [0.2, 0.25) is 0 Å². The van der Waals surface area contributed by atoms with Crippen LogP contribution in [0.15, 0.2) is 17.7 Å². The predicted molar refractivity (Wildman–Crippen MR) is 161 cm³/mol. The minimum atomic E-state index is -0.352. The van der Waals surface area contributed by atoms with Gasteiger partial charge >= 0.3 is 5.97 Å². The number of unbranched alkanes of at least 4 members (excludes halogenated alkanes) is 2. The van der Waals surface area contributed by atoms with Crippen molar-refractivity contribution in [1.82, 2.24) is 9.80 Å². The van der Waals surface area contributed by atoms with Gasteiger partial charge in [-0.05, 0) is 87.9 Å². The van der Waals surface area contributed by atoms with Crippen LogP contribution in [0.5, 0.6) is 11.5 Å². The third kappa shape index (κ3) is 8.69. The van der Waals surface area contributed by atoms with Crippen molar-refractivity contribution in [1.29, 1.82) is 0 Å². The fraction of sp³-hybridized carbons (Fsp3) is 0.719. The van der Waals surface area contributed by atoms with E-state index in [4.69, 9.17) is 14.2 Å².